The van der Waals surface area contributed by atoms with Gasteiger partial charge < -0.3 is 0 Å². The van der Waals surface area contributed by atoms with Gasteiger partial charge in [-0.2, -0.15) is 0 Å². The molecular formula is C13H13N. The molecule has 0 aliphatic heterocycles. The summed E-state index contributed by atoms with van der Waals surface area (Å²) in [7, 11) is 0. The lowest BCUT2D eigenvalue weighted by Gasteiger charge is -2.07. The van der Waals surface area contributed by atoms with Crippen molar-refractivity contribution in [2.45, 2.75) is 13.3 Å². The summed E-state index contributed by atoms with van der Waals surface area (Å²) >= 11 is 0. The third kappa shape index (κ3) is 1.31. The Labute approximate surface area is 84.1 Å². The Hall–Kier alpha value is -1.63. The number of rotatable bonds is 2. The summed E-state index contributed by atoms with van der Waals surface area (Å²) in [4.78, 5) is 4.33. The lowest BCUT2D eigenvalue weighted by molar-refractivity contribution is 1.15. The lowest BCUT2D eigenvalue weighted by atomic mass is 10.00. The summed E-state index contributed by atoms with van der Waals surface area (Å²) in [6.07, 6.45) is 4.75. The van der Waals surface area contributed by atoms with Crippen molar-refractivity contribution in [3.63, 3.8) is 0 Å². The SMILES string of the molecule is C=Cc1ccc2ncccc2c1CC. The maximum absolute atomic E-state index is 4.33. The smallest absolute Gasteiger partial charge is 0.0705 e. The third-order valence-corrected chi connectivity index (χ3v) is 2.51. The molecule has 0 saturated carbocycles. The highest BCUT2D eigenvalue weighted by molar-refractivity contribution is 5.85. The molecule has 0 spiro atoms. The highest BCUT2D eigenvalue weighted by atomic mass is 14.6. The molecular weight excluding hydrogens is 170 g/mol. The molecule has 1 heteroatoms. The predicted molar refractivity (Wildman–Crippen MR) is 61.2 cm³/mol. The van der Waals surface area contributed by atoms with Crippen molar-refractivity contribution in [3.05, 3.63) is 48.2 Å². The Bertz CT molecular complexity index is 472. The first-order chi connectivity index (χ1) is 6.86. The minimum Gasteiger partial charge on any atom is -0.256 e. The van der Waals surface area contributed by atoms with Crippen LogP contribution in [0.3, 0.4) is 0 Å². The predicted octanol–water partition coefficient (Wildman–Crippen LogP) is 3.44. The van der Waals surface area contributed by atoms with Crippen molar-refractivity contribution in [2.24, 2.45) is 0 Å². The van der Waals surface area contributed by atoms with Crippen LogP contribution in [0, 0.1) is 0 Å². The Morgan fingerprint density at radius 2 is 2.21 bits per heavy atom. The van der Waals surface area contributed by atoms with Gasteiger partial charge in [-0.3, -0.25) is 4.98 Å². The van der Waals surface area contributed by atoms with Crippen LogP contribution in [0.4, 0.5) is 0 Å². The Kier molecular flexibility index (Phi) is 2.32. The zero-order valence-corrected chi connectivity index (χ0v) is 8.33. The minimum atomic E-state index is 1.02. The van der Waals surface area contributed by atoms with E-state index in [1.54, 1.807) is 0 Å². The average molecular weight is 183 g/mol. The molecule has 70 valence electrons. The molecule has 2 rings (SSSR count). The fourth-order valence-corrected chi connectivity index (χ4v) is 1.82. The fourth-order valence-electron chi connectivity index (χ4n) is 1.82. The quantitative estimate of drug-likeness (QED) is 0.695. The summed E-state index contributed by atoms with van der Waals surface area (Å²) in [5, 5.41) is 1.24. The number of nitrogens with zero attached hydrogens (tertiary/aromatic N) is 1. The van der Waals surface area contributed by atoms with E-state index < -0.39 is 0 Å². The normalized spacial score (nSPS) is 10.4. The number of benzene rings is 1. The number of aromatic nitrogens is 1. The van der Waals surface area contributed by atoms with Gasteiger partial charge in [-0.05, 0) is 29.7 Å². The van der Waals surface area contributed by atoms with Crippen molar-refractivity contribution in [3.8, 4) is 0 Å². The fraction of sp³-hybridized carbons (Fsp3) is 0.154. The zero-order chi connectivity index (χ0) is 9.97. The average Bonchev–Trinajstić information content (AvgIpc) is 2.27. The van der Waals surface area contributed by atoms with Gasteiger partial charge in [0, 0.05) is 11.6 Å². The van der Waals surface area contributed by atoms with Crippen molar-refractivity contribution in [1.82, 2.24) is 4.98 Å². The molecule has 1 aromatic heterocycles. The Morgan fingerprint density at radius 3 is 2.93 bits per heavy atom. The molecule has 1 heterocycles. The van der Waals surface area contributed by atoms with Crippen molar-refractivity contribution >= 4 is 17.0 Å². The second-order valence-electron chi connectivity index (χ2n) is 3.26. The van der Waals surface area contributed by atoms with Crippen LogP contribution in [0.1, 0.15) is 18.1 Å². The topological polar surface area (TPSA) is 12.9 Å². The van der Waals surface area contributed by atoms with E-state index in [1.807, 2.05) is 24.4 Å². The maximum Gasteiger partial charge on any atom is 0.0705 e. The van der Waals surface area contributed by atoms with Gasteiger partial charge in [0.2, 0.25) is 0 Å². The Balaban J connectivity index is 2.83. The van der Waals surface area contributed by atoms with E-state index in [1.165, 1.54) is 16.5 Å². The Morgan fingerprint density at radius 1 is 1.36 bits per heavy atom. The van der Waals surface area contributed by atoms with Gasteiger partial charge in [0.25, 0.3) is 0 Å². The van der Waals surface area contributed by atoms with Crippen molar-refractivity contribution in [2.75, 3.05) is 0 Å². The van der Waals surface area contributed by atoms with Crippen molar-refractivity contribution < 1.29 is 0 Å². The largest absolute Gasteiger partial charge is 0.256 e. The van der Waals surface area contributed by atoms with Gasteiger partial charge in [0.15, 0.2) is 0 Å². The molecule has 0 fully saturated rings. The molecule has 14 heavy (non-hydrogen) atoms. The molecule has 1 aromatic carbocycles. The van der Waals surface area contributed by atoms with Crippen LogP contribution < -0.4 is 0 Å². The first kappa shape index (κ1) is 8.95. The summed E-state index contributed by atoms with van der Waals surface area (Å²) in [6.45, 7) is 5.99. The molecule has 0 aliphatic carbocycles. The molecule has 0 bridgehead atoms. The second-order valence-corrected chi connectivity index (χ2v) is 3.26. The summed E-state index contributed by atoms with van der Waals surface area (Å²) in [6, 6.07) is 8.23. The monoisotopic (exact) mass is 183 g/mol. The van der Waals surface area contributed by atoms with Crippen LogP contribution in [0.15, 0.2) is 37.0 Å². The van der Waals surface area contributed by atoms with Crippen LogP contribution in [0.5, 0.6) is 0 Å². The highest BCUT2D eigenvalue weighted by Gasteiger charge is 2.03. The van der Waals surface area contributed by atoms with Crippen molar-refractivity contribution in [1.29, 1.82) is 0 Å². The van der Waals surface area contributed by atoms with Gasteiger partial charge in [-0.15, -0.1) is 0 Å². The van der Waals surface area contributed by atoms with Crippen LogP contribution in [0.25, 0.3) is 17.0 Å². The number of fused-ring (bicyclic) bond motifs is 1. The number of hydrogen-bond donors (Lipinski definition) is 0. The lowest BCUT2D eigenvalue weighted by Crippen LogP contribution is -1.89. The van der Waals surface area contributed by atoms with Crippen LogP contribution in [0.2, 0.25) is 0 Å². The maximum atomic E-state index is 4.33. The van der Waals surface area contributed by atoms with Gasteiger partial charge in [-0.25, -0.2) is 0 Å². The summed E-state index contributed by atoms with van der Waals surface area (Å²) < 4.78 is 0. The van der Waals surface area contributed by atoms with Gasteiger partial charge in [0.05, 0.1) is 5.52 Å². The molecule has 0 saturated heterocycles. The molecule has 0 aliphatic rings. The first-order valence-electron chi connectivity index (χ1n) is 4.86. The van der Waals surface area contributed by atoms with E-state index in [0.717, 1.165) is 11.9 Å². The van der Waals surface area contributed by atoms with E-state index in [2.05, 4.69) is 30.6 Å². The van der Waals surface area contributed by atoms with Crippen LogP contribution in [-0.4, -0.2) is 4.98 Å². The van der Waals surface area contributed by atoms with Gasteiger partial charge in [-0.1, -0.05) is 31.7 Å². The standard InChI is InChI=1S/C13H13N/c1-3-10-7-8-13-12(11(10)4-2)6-5-9-14-13/h3,5-9H,1,4H2,2H3. The molecule has 1 nitrogen and oxygen atoms in total. The van der Waals surface area contributed by atoms with E-state index in [4.69, 9.17) is 0 Å². The molecule has 0 amide bonds. The van der Waals surface area contributed by atoms with Gasteiger partial charge in [0.1, 0.15) is 0 Å². The number of aryl methyl sites for hydroxylation is 1. The van der Waals surface area contributed by atoms with E-state index in [9.17, 15) is 0 Å². The zero-order valence-electron chi connectivity index (χ0n) is 8.33. The third-order valence-electron chi connectivity index (χ3n) is 2.51. The summed E-state index contributed by atoms with van der Waals surface area (Å²) in [5.74, 6) is 0. The second kappa shape index (κ2) is 3.62. The van der Waals surface area contributed by atoms with Gasteiger partial charge >= 0.3 is 0 Å². The van der Waals surface area contributed by atoms with E-state index in [-0.39, 0.29) is 0 Å². The molecule has 2 aromatic rings. The number of pyridine rings is 1. The summed E-state index contributed by atoms with van der Waals surface area (Å²) in [5.41, 5.74) is 3.62. The first-order valence-corrected chi connectivity index (χ1v) is 4.86. The van der Waals surface area contributed by atoms with Crippen LogP contribution in [-0.2, 0) is 6.42 Å². The molecule has 0 N–H and O–H groups in total. The highest BCUT2D eigenvalue weighted by Crippen LogP contribution is 2.22. The van der Waals surface area contributed by atoms with E-state index in [0.29, 0.717) is 0 Å². The number of hydrogen-bond acceptors (Lipinski definition) is 1. The molecule has 0 unspecified atom stereocenters. The molecule has 0 atom stereocenters. The van der Waals surface area contributed by atoms with Crippen LogP contribution >= 0.6 is 0 Å². The minimum absolute atomic E-state index is 1.02. The van der Waals surface area contributed by atoms with E-state index >= 15 is 0 Å². The molecule has 0 radical (unpaired) electrons.